The van der Waals surface area contributed by atoms with Crippen LogP contribution in [0.3, 0.4) is 0 Å². The molecule has 9 heteroatoms. The van der Waals surface area contributed by atoms with E-state index in [0.717, 1.165) is 11.7 Å². The first-order chi connectivity index (χ1) is 9.56. The minimum atomic E-state index is -3.73. The molecule has 2 aromatic heterocycles. The van der Waals surface area contributed by atoms with E-state index in [9.17, 15) is 8.42 Å². The Hall–Kier alpha value is -1.77. The fourth-order valence-electron chi connectivity index (χ4n) is 1.61. The number of halogens is 1. The molecule has 3 rings (SSSR count). The maximum absolute atomic E-state index is 12.2. The maximum atomic E-state index is 12.2. The van der Waals surface area contributed by atoms with E-state index in [1.807, 2.05) is 0 Å². The predicted octanol–water partition coefficient (Wildman–Crippen LogP) is 2.54. The van der Waals surface area contributed by atoms with Crippen molar-refractivity contribution < 1.29 is 8.42 Å². The third-order valence-electron chi connectivity index (χ3n) is 2.54. The normalized spacial score (nSPS) is 11.7. The Labute approximate surface area is 123 Å². The number of aromatic nitrogens is 3. The van der Waals surface area contributed by atoms with E-state index in [2.05, 4.69) is 18.5 Å². The van der Waals surface area contributed by atoms with Crippen LogP contribution in [0.1, 0.15) is 0 Å². The molecule has 0 saturated heterocycles. The summed E-state index contributed by atoms with van der Waals surface area (Å²) in [6.07, 6.45) is 1.20. The van der Waals surface area contributed by atoms with Gasteiger partial charge in [-0.3, -0.25) is 4.72 Å². The molecule has 0 aliphatic heterocycles. The summed E-state index contributed by atoms with van der Waals surface area (Å²) in [6.45, 7) is 0. The van der Waals surface area contributed by atoms with Crippen LogP contribution in [-0.4, -0.2) is 22.1 Å². The van der Waals surface area contributed by atoms with Gasteiger partial charge in [-0.25, -0.2) is 13.4 Å². The zero-order valence-corrected chi connectivity index (χ0v) is 12.2. The molecular weight excluding hydrogens is 320 g/mol. The molecule has 0 unspecified atom stereocenters. The Morgan fingerprint density at radius 2 is 2.00 bits per heavy atom. The van der Waals surface area contributed by atoms with Crippen molar-refractivity contribution in [2.24, 2.45) is 0 Å². The van der Waals surface area contributed by atoms with E-state index in [4.69, 9.17) is 11.6 Å². The Balaban J connectivity index is 2.01. The molecule has 0 aliphatic carbocycles. The van der Waals surface area contributed by atoms with Gasteiger partial charge >= 0.3 is 0 Å². The van der Waals surface area contributed by atoms with Crippen molar-refractivity contribution in [1.29, 1.82) is 0 Å². The third kappa shape index (κ3) is 2.45. The molecule has 3 aromatic rings. The second-order valence-corrected chi connectivity index (χ2v) is 6.46. The first kappa shape index (κ1) is 13.2. The highest BCUT2D eigenvalue weighted by Gasteiger charge is 2.17. The maximum Gasteiger partial charge on any atom is 0.263 e. The smallest absolute Gasteiger partial charge is 0.263 e. The van der Waals surface area contributed by atoms with Crippen molar-refractivity contribution >= 4 is 50.1 Å². The number of fused-ring (bicyclic) bond motifs is 1. The summed E-state index contributed by atoms with van der Waals surface area (Å²) in [4.78, 5) is 3.79. The molecule has 0 atom stereocenters. The number of anilines is 1. The van der Waals surface area contributed by atoms with Gasteiger partial charge < -0.3 is 0 Å². The number of nitrogens with zero attached hydrogens (tertiary/aromatic N) is 3. The molecule has 102 valence electrons. The van der Waals surface area contributed by atoms with E-state index in [1.165, 1.54) is 18.3 Å². The van der Waals surface area contributed by atoms with E-state index in [0.29, 0.717) is 16.7 Å². The molecule has 0 amide bonds. The van der Waals surface area contributed by atoms with Gasteiger partial charge in [0.15, 0.2) is 0 Å². The van der Waals surface area contributed by atoms with Crippen LogP contribution >= 0.6 is 23.3 Å². The number of rotatable bonds is 3. The number of hydrogen-bond donors (Lipinski definition) is 1. The number of nitrogens with one attached hydrogen (secondary N) is 1. The monoisotopic (exact) mass is 326 g/mol. The third-order valence-corrected chi connectivity index (χ3v) is 4.66. The van der Waals surface area contributed by atoms with Crippen molar-refractivity contribution in [3.05, 3.63) is 41.7 Å². The SMILES string of the molecule is O=S(=O)(Nc1cccc2nsnc12)c1ccc(Cl)nc1. The number of sulfonamides is 1. The molecule has 0 radical (unpaired) electrons. The fourth-order valence-corrected chi connectivity index (χ4v) is 3.29. The summed E-state index contributed by atoms with van der Waals surface area (Å²) in [5, 5.41) is 0.231. The standard InChI is InChI=1S/C11H7ClN4O2S2/c12-10-5-4-7(6-13-10)20(17,18)16-9-3-1-2-8-11(9)15-19-14-8/h1-6,16H. The van der Waals surface area contributed by atoms with Crippen LogP contribution in [0, 0.1) is 0 Å². The van der Waals surface area contributed by atoms with Crippen LogP contribution in [0.4, 0.5) is 5.69 Å². The zero-order valence-electron chi connectivity index (χ0n) is 9.82. The molecule has 6 nitrogen and oxygen atoms in total. The van der Waals surface area contributed by atoms with Crippen LogP contribution < -0.4 is 4.72 Å². The van der Waals surface area contributed by atoms with Crippen molar-refractivity contribution in [3.8, 4) is 0 Å². The van der Waals surface area contributed by atoms with Gasteiger partial charge in [0, 0.05) is 6.20 Å². The summed E-state index contributed by atoms with van der Waals surface area (Å²) >= 11 is 6.67. The molecule has 0 fully saturated rings. The lowest BCUT2D eigenvalue weighted by molar-refractivity contribution is 0.601. The second-order valence-electron chi connectivity index (χ2n) is 3.86. The van der Waals surface area contributed by atoms with Gasteiger partial charge in [0.1, 0.15) is 21.1 Å². The molecule has 0 aliphatic rings. The highest BCUT2D eigenvalue weighted by molar-refractivity contribution is 7.92. The van der Waals surface area contributed by atoms with Crippen LogP contribution in [-0.2, 0) is 10.0 Å². The van der Waals surface area contributed by atoms with Crippen molar-refractivity contribution in [3.63, 3.8) is 0 Å². The molecule has 0 bridgehead atoms. The van der Waals surface area contributed by atoms with E-state index in [-0.39, 0.29) is 10.0 Å². The molecule has 2 heterocycles. The minimum absolute atomic E-state index is 0.0297. The Morgan fingerprint density at radius 1 is 1.15 bits per heavy atom. The minimum Gasteiger partial charge on any atom is -0.277 e. The highest BCUT2D eigenvalue weighted by Crippen LogP contribution is 2.24. The molecule has 1 aromatic carbocycles. The average Bonchev–Trinajstić information content (AvgIpc) is 2.88. The molecular formula is C11H7ClN4O2S2. The Bertz CT molecular complexity index is 862. The lowest BCUT2D eigenvalue weighted by Crippen LogP contribution is -2.13. The Kier molecular flexibility index (Phi) is 3.28. The van der Waals surface area contributed by atoms with Gasteiger partial charge in [0.2, 0.25) is 0 Å². The topological polar surface area (TPSA) is 84.8 Å². The summed E-state index contributed by atoms with van der Waals surface area (Å²) in [5.74, 6) is 0. The molecule has 0 spiro atoms. The first-order valence-corrected chi connectivity index (χ1v) is 8.01. The quantitative estimate of drug-likeness (QED) is 0.748. The summed E-state index contributed by atoms with van der Waals surface area (Å²) in [5.41, 5.74) is 1.54. The van der Waals surface area contributed by atoms with Gasteiger partial charge in [-0.1, -0.05) is 17.7 Å². The van der Waals surface area contributed by atoms with Crippen molar-refractivity contribution in [1.82, 2.24) is 13.7 Å². The van der Waals surface area contributed by atoms with Gasteiger partial charge in [-0.15, -0.1) is 0 Å². The average molecular weight is 327 g/mol. The fraction of sp³-hybridized carbons (Fsp3) is 0. The van der Waals surface area contributed by atoms with E-state index in [1.54, 1.807) is 18.2 Å². The lowest BCUT2D eigenvalue weighted by Gasteiger charge is -2.07. The number of hydrogen-bond acceptors (Lipinski definition) is 6. The Morgan fingerprint density at radius 3 is 2.75 bits per heavy atom. The summed E-state index contributed by atoms with van der Waals surface area (Å²) in [7, 11) is -3.73. The summed E-state index contributed by atoms with van der Waals surface area (Å²) in [6, 6.07) is 7.91. The number of benzene rings is 1. The van der Waals surface area contributed by atoms with Crippen molar-refractivity contribution in [2.75, 3.05) is 4.72 Å². The molecule has 0 saturated carbocycles. The largest absolute Gasteiger partial charge is 0.277 e. The van der Waals surface area contributed by atoms with Crippen molar-refractivity contribution in [2.45, 2.75) is 4.90 Å². The van der Waals surface area contributed by atoms with Gasteiger partial charge in [-0.05, 0) is 24.3 Å². The second kappa shape index (κ2) is 4.97. The molecule has 1 N–H and O–H groups in total. The summed E-state index contributed by atoms with van der Waals surface area (Å²) < 4.78 is 35.1. The highest BCUT2D eigenvalue weighted by atomic mass is 35.5. The van der Waals surface area contributed by atoms with Gasteiger partial charge in [0.25, 0.3) is 10.0 Å². The molecule has 20 heavy (non-hydrogen) atoms. The van der Waals surface area contributed by atoms with E-state index < -0.39 is 10.0 Å². The first-order valence-electron chi connectivity index (χ1n) is 5.42. The number of pyridine rings is 1. The van der Waals surface area contributed by atoms with Crippen LogP contribution in [0.2, 0.25) is 5.15 Å². The van der Waals surface area contributed by atoms with Crippen LogP contribution in [0.25, 0.3) is 11.0 Å². The van der Waals surface area contributed by atoms with E-state index >= 15 is 0 Å². The zero-order chi connectivity index (χ0) is 14.2. The van der Waals surface area contributed by atoms with Crippen LogP contribution in [0.15, 0.2) is 41.4 Å². The predicted molar refractivity (Wildman–Crippen MR) is 77.5 cm³/mol. The van der Waals surface area contributed by atoms with Gasteiger partial charge in [-0.2, -0.15) is 8.75 Å². The van der Waals surface area contributed by atoms with Crippen LogP contribution in [0.5, 0.6) is 0 Å². The van der Waals surface area contributed by atoms with Gasteiger partial charge in [0.05, 0.1) is 17.4 Å². The lowest BCUT2D eigenvalue weighted by atomic mass is 10.3.